The number of benzene rings is 1. The number of carbonyl (C=O) groups excluding carboxylic acids is 1. The van der Waals surface area contributed by atoms with Gasteiger partial charge in [0.1, 0.15) is 0 Å². The molecule has 0 bridgehead atoms. The van der Waals surface area contributed by atoms with Crippen LogP contribution < -0.4 is 5.32 Å². The minimum atomic E-state index is -0.686. The highest BCUT2D eigenvalue weighted by atomic mass is 16.4. The zero-order chi connectivity index (χ0) is 23.7. The summed E-state index contributed by atoms with van der Waals surface area (Å²) in [5, 5.41) is 11.3. The predicted molar refractivity (Wildman–Crippen MR) is 132 cm³/mol. The summed E-state index contributed by atoms with van der Waals surface area (Å²) in [5.41, 5.74) is 3.14. The van der Waals surface area contributed by atoms with Crippen LogP contribution in [0.4, 0.5) is 0 Å². The topological polar surface area (TPSA) is 66.4 Å². The fourth-order valence-corrected chi connectivity index (χ4v) is 3.27. The Bertz CT molecular complexity index is 593. The molecular weight excluding hydrogens is 386 g/mol. The van der Waals surface area contributed by atoms with E-state index in [0.717, 1.165) is 32.2 Å². The molecule has 1 aromatic rings. The van der Waals surface area contributed by atoms with Gasteiger partial charge in [-0.3, -0.25) is 9.59 Å². The number of rotatable bonds is 13. The third-order valence-corrected chi connectivity index (χ3v) is 5.36. The van der Waals surface area contributed by atoms with Gasteiger partial charge in [-0.2, -0.15) is 0 Å². The second kappa shape index (κ2) is 16.8. The SMILES string of the molecule is CC(=O)NCCCCCCCCCCCC(=O)O.CC(C)c1cccc(C(C)(C)C)c1. The highest BCUT2D eigenvalue weighted by Crippen LogP contribution is 2.25. The Morgan fingerprint density at radius 1 is 0.903 bits per heavy atom. The zero-order valence-corrected chi connectivity index (χ0v) is 20.9. The summed E-state index contributed by atoms with van der Waals surface area (Å²) in [6.07, 6.45) is 10.5. The van der Waals surface area contributed by atoms with E-state index in [0.29, 0.717) is 12.3 Å². The van der Waals surface area contributed by atoms with Crippen molar-refractivity contribution < 1.29 is 14.7 Å². The van der Waals surface area contributed by atoms with E-state index in [-0.39, 0.29) is 11.3 Å². The van der Waals surface area contributed by atoms with Crippen molar-refractivity contribution in [3.63, 3.8) is 0 Å². The number of carboxylic acid groups (broad SMARTS) is 1. The molecule has 0 aromatic heterocycles. The van der Waals surface area contributed by atoms with Crippen LogP contribution in [-0.2, 0) is 15.0 Å². The normalized spacial score (nSPS) is 11.1. The molecule has 0 fully saturated rings. The van der Waals surface area contributed by atoms with E-state index in [9.17, 15) is 9.59 Å². The van der Waals surface area contributed by atoms with E-state index in [4.69, 9.17) is 5.11 Å². The summed E-state index contributed by atoms with van der Waals surface area (Å²) in [6.45, 7) is 13.6. The van der Waals surface area contributed by atoms with Crippen molar-refractivity contribution >= 4 is 11.9 Å². The molecule has 0 heterocycles. The third kappa shape index (κ3) is 17.5. The molecule has 0 unspecified atom stereocenters. The molecule has 4 heteroatoms. The molecule has 31 heavy (non-hydrogen) atoms. The molecule has 0 aliphatic heterocycles. The molecule has 0 saturated heterocycles. The summed E-state index contributed by atoms with van der Waals surface area (Å²) < 4.78 is 0. The van der Waals surface area contributed by atoms with Gasteiger partial charge >= 0.3 is 5.97 Å². The van der Waals surface area contributed by atoms with Crippen LogP contribution in [0, 0.1) is 0 Å². The Labute approximate surface area is 191 Å². The van der Waals surface area contributed by atoms with Crippen molar-refractivity contribution in [3.8, 4) is 0 Å². The first-order chi connectivity index (χ1) is 14.5. The predicted octanol–water partition coefficient (Wildman–Crippen LogP) is 7.22. The van der Waals surface area contributed by atoms with Gasteiger partial charge in [0.05, 0.1) is 0 Å². The van der Waals surface area contributed by atoms with Crippen molar-refractivity contribution in [2.75, 3.05) is 6.54 Å². The van der Waals surface area contributed by atoms with Crippen LogP contribution in [0.3, 0.4) is 0 Å². The Balaban J connectivity index is 0.000000609. The van der Waals surface area contributed by atoms with Crippen LogP contribution in [0.25, 0.3) is 0 Å². The van der Waals surface area contributed by atoms with Gasteiger partial charge in [-0.05, 0) is 35.3 Å². The summed E-state index contributed by atoms with van der Waals surface area (Å²) in [4.78, 5) is 20.9. The third-order valence-electron chi connectivity index (χ3n) is 5.36. The second-order valence-corrected chi connectivity index (χ2v) is 9.84. The summed E-state index contributed by atoms with van der Waals surface area (Å²) in [7, 11) is 0. The van der Waals surface area contributed by atoms with E-state index in [1.54, 1.807) is 6.92 Å². The summed E-state index contributed by atoms with van der Waals surface area (Å²) >= 11 is 0. The Kier molecular flexibility index (Phi) is 15.8. The van der Waals surface area contributed by atoms with Crippen LogP contribution in [0.1, 0.15) is 123 Å². The molecule has 1 amide bonds. The number of carbonyl (C=O) groups is 2. The molecule has 2 N–H and O–H groups in total. The van der Waals surface area contributed by atoms with E-state index in [1.807, 2.05) is 0 Å². The van der Waals surface area contributed by atoms with Gasteiger partial charge < -0.3 is 10.4 Å². The summed E-state index contributed by atoms with van der Waals surface area (Å²) in [5.74, 6) is -0.00664. The Morgan fingerprint density at radius 3 is 1.87 bits per heavy atom. The maximum Gasteiger partial charge on any atom is 0.303 e. The van der Waals surface area contributed by atoms with Crippen molar-refractivity contribution in [2.24, 2.45) is 0 Å². The van der Waals surface area contributed by atoms with Gasteiger partial charge in [-0.1, -0.05) is 104 Å². The standard InChI is InChI=1S/C14H27NO3.C13H20/c1-13(16)15-12-10-8-6-4-2-3-5-7-9-11-14(17)18;1-10(2)11-7-6-8-12(9-11)13(3,4)5/h2-12H2,1H3,(H,15,16)(H,17,18);6-10H,1-5H3. The quantitative estimate of drug-likeness (QED) is 0.323. The molecule has 1 aromatic carbocycles. The largest absolute Gasteiger partial charge is 0.481 e. The molecule has 0 saturated carbocycles. The molecule has 0 spiro atoms. The molecular formula is C27H47NO3. The lowest BCUT2D eigenvalue weighted by atomic mass is 9.85. The number of unbranched alkanes of at least 4 members (excludes halogenated alkanes) is 8. The van der Waals surface area contributed by atoms with Crippen molar-refractivity contribution in [1.29, 1.82) is 0 Å². The van der Waals surface area contributed by atoms with Gasteiger partial charge in [0.25, 0.3) is 0 Å². The molecule has 178 valence electrons. The summed E-state index contributed by atoms with van der Waals surface area (Å²) in [6, 6.07) is 8.91. The van der Waals surface area contributed by atoms with Gasteiger partial charge in [0.2, 0.25) is 5.91 Å². The average Bonchev–Trinajstić information content (AvgIpc) is 2.68. The van der Waals surface area contributed by atoms with Gasteiger partial charge in [0.15, 0.2) is 0 Å². The number of nitrogens with one attached hydrogen (secondary N) is 1. The molecule has 4 nitrogen and oxygen atoms in total. The van der Waals surface area contributed by atoms with E-state index in [2.05, 4.69) is 64.2 Å². The minimum Gasteiger partial charge on any atom is -0.481 e. The van der Waals surface area contributed by atoms with Crippen LogP contribution in [0.5, 0.6) is 0 Å². The lowest BCUT2D eigenvalue weighted by Gasteiger charge is -2.20. The lowest BCUT2D eigenvalue weighted by Crippen LogP contribution is -2.20. The van der Waals surface area contributed by atoms with Crippen molar-refractivity contribution in [1.82, 2.24) is 5.32 Å². The monoisotopic (exact) mass is 433 g/mol. The lowest BCUT2D eigenvalue weighted by molar-refractivity contribution is -0.137. The number of amides is 1. The van der Waals surface area contributed by atoms with Crippen LogP contribution in [-0.4, -0.2) is 23.5 Å². The van der Waals surface area contributed by atoms with Crippen LogP contribution in [0.15, 0.2) is 24.3 Å². The van der Waals surface area contributed by atoms with Crippen molar-refractivity contribution in [3.05, 3.63) is 35.4 Å². The number of carboxylic acids is 1. The maximum atomic E-state index is 10.6. The molecule has 0 radical (unpaired) electrons. The number of hydrogen-bond donors (Lipinski definition) is 2. The first kappa shape index (κ1) is 29.2. The Morgan fingerprint density at radius 2 is 1.42 bits per heavy atom. The van der Waals surface area contributed by atoms with Gasteiger partial charge in [-0.25, -0.2) is 0 Å². The molecule has 0 atom stereocenters. The van der Waals surface area contributed by atoms with Gasteiger partial charge in [0, 0.05) is 19.9 Å². The van der Waals surface area contributed by atoms with Crippen LogP contribution in [0.2, 0.25) is 0 Å². The molecule has 0 aliphatic carbocycles. The van der Waals surface area contributed by atoms with E-state index >= 15 is 0 Å². The first-order valence-electron chi connectivity index (χ1n) is 12.1. The smallest absolute Gasteiger partial charge is 0.303 e. The first-order valence-corrected chi connectivity index (χ1v) is 12.1. The van der Waals surface area contributed by atoms with Crippen LogP contribution >= 0.6 is 0 Å². The highest BCUT2D eigenvalue weighted by molar-refractivity contribution is 5.72. The maximum absolute atomic E-state index is 10.6. The number of aliphatic carboxylic acids is 1. The second-order valence-electron chi connectivity index (χ2n) is 9.84. The van der Waals surface area contributed by atoms with Gasteiger partial charge in [-0.15, -0.1) is 0 Å². The minimum absolute atomic E-state index is 0.0522. The average molecular weight is 434 g/mol. The fraction of sp³-hybridized carbons (Fsp3) is 0.704. The van der Waals surface area contributed by atoms with E-state index < -0.39 is 5.97 Å². The van der Waals surface area contributed by atoms with E-state index in [1.165, 1.54) is 43.2 Å². The Hall–Kier alpha value is -1.84. The highest BCUT2D eigenvalue weighted by Gasteiger charge is 2.13. The molecule has 1 rings (SSSR count). The fourth-order valence-electron chi connectivity index (χ4n) is 3.27. The molecule has 0 aliphatic rings. The zero-order valence-electron chi connectivity index (χ0n) is 20.9. The van der Waals surface area contributed by atoms with Crippen molar-refractivity contribution in [2.45, 2.75) is 117 Å². The number of hydrogen-bond acceptors (Lipinski definition) is 2.